The Morgan fingerprint density at radius 1 is 1.17 bits per heavy atom. The van der Waals surface area contributed by atoms with Crippen LogP contribution in [0.2, 0.25) is 0 Å². The molecule has 3 aromatic rings. The molecule has 1 aliphatic heterocycles. The molecule has 9 heteroatoms. The van der Waals surface area contributed by atoms with Crippen LogP contribution in [-0.4, -0.2) is 52.7 Å². The van der Waals surface area contributed by atoms with Crippen molar-refractivity contribution in [1.29, 1.82) is 5.26 Å². The van der Waals surface area contributed by atoms with E-state index in [1.165, 1.54) is 0 Å². The first-order valence-corrected chi connectivity index (χ1v) is 13.6. The van der Waals surface area contributed by atoms with Crippen LogP contribution in [0.1, 0.15) is 31.9 Å². The Morgan fingerprint density at radius 2 is 1.89 bits per heavy atom. The minimum Gasteiger partial charge on any atom is -0.299 e. The quantitative estimate of drug-likeness (QED) is 0.487. The van der Waals surface area contributed by atoms with Crippen molar-refractivity contribution in [2.75, 3.05) is 24.6 Å². The Morgan fingerprint density at radius 3 is 2.51 bits per heavy atom. The largest absolute Gasteiger partial charge is 0.330 e. The fourth-order valence-electron chi connectivity index (χ4n) is 4.44. The Kier molecular flexibility index (Phi) is 6.93. The number of imidazole rings is 1. The summed E-state index contributed by atoms with van der Waals surface area (Å²) in [5, 5.41) is 9.76. The highest BCUT2D eigenvalue weighted by Gasteiger charge is 2.23. The van der Waals surface area contributed by atoms with Crippen molar-refractivity contribution in [1.82, 2.24) is 19.0 Å². The van der Waals surface area contributed by atoms with Crippen molar-refractivity contribution in [2.45, 2.75) is 40.4 Å². The zero-order valence-corrected chi connectivity index (χ0v) is 21.4. The van der Waals surface area contributed by atoms with E-state index in [4.69, 9.17) is 4.98 Å². The second kappa shape index (κ2) is 9.63. The molecular weight excluding hydrogens is 462 g/mol. The molecule has 0 saturated carbocycles. The molecule has 186 valence electrons. The molecule has 4 rings (SSSR count). The second-order valence-electron chi connectivity index (χ2n) is 10.3. The number of nitriles is 1. The van der Waals surface area contributed by atoms with Crippen LogP contribution >= 0.6 is 10.6 Å². The van der Waals surface area contributed by atoms with E-state index in [0.717, 1.165) is 16.6 Å². The maximum atomic E-state index is 13.2. The van der Waals surface area contributed by atoms with E-state index in [0.29, 0.717) is 61.1 Å². The van der Waals surface area contributed by atoms with Gasteiger partial charge in [0.2, 0.25) is 0 Å². The van der Waals surface area contributed by atoms with Crippen LogP contribution in [0.3, 0.4) is 0 Å². The summed E-state index contributed by atoms with van der Waals surface area (Å²) < 4.78 is 23.2. The molecule has 0 bridgehead atoms. The molecule has 0 spiro atoms. The normalized spacial score (nSPS) is 17.3. The molecule has 2 N–H and O–H groups in total. The van der Waals surface area contributed by atoms with Crippen LogP contribution in [0.15, 0.2) is 47.8 Å². The summed E-state index contributed by atoms with van der Waals surface area (Å²) in [5.74, 6) is 0.779. The van der Waals surface area contributed by atoms with E-state index in [1.54, 1.807) is 21.3 Å². The summed E-state index contributed by atoms with van der Waals surface area (Å²) >= 11 is 0. The fraction of sp³-hybridized carbons (Fsp3) is 0.423. The molecule has 0 atom stereocenters. The number of nitrogens with zero attached hydrogens (tertiary/aromatic N) is 5. The Hall–Kier alpha value is -2.90. The van der Waals surface area contributed by atoms with Crippen molar-refractivity contribution < 1.29 is 9.11 Å². The highest BCUT2D eigenvalue weighted by atomic mass is 32.3. The zero-order valence-electron chi connectivity index (χ0n) is 20.6. The molecule has 1 aliphatic rings. The SMILES string of the molecule is C=CCn1c(=O)n(CC(C)(C)C)c2ccc(-c3cc(CN4CCS(O)(O)CC4)ccc3C#N)nc21. The predicted octanol–water partition coefficient (Wildman–Crippen LogP) is 4.53. The molecule has 2 aromatic heterocycles. The number of benzene rings is 1. The minimum absolute atomic E-state index is 0.0836. The van der Waals surface area contributed by atoms with Crippen molar-refractivity contribution in [3.05, 3.63) is 64.6 Å². The van der Waals surface area contributed by atoms with Crippen molar-refractivity contribution in [2.24, 2.45) is 5.41 Å². The van der Waals surface area contributed by atoms with Crippen molar-refractivity contribution >= 4 is 21.8 Å². The van der Waals surface area contributed by atoms with Crippen molar-refractivity contribution in [3.63, 3.8) is 0 Å². The number of pyridine rings is 1. The van der Waals surface area contributed by atoms with E-state index in [1.807, 2.05) is 24.3 Å². The molecule has 0 amide bonds. The van der Waals surface area contributed by atoms with Crippen LogP contribution in [0.25, 0.3) is 22.4 Å². The summed E-state index contributed by atoms with van der Waals surface area (Å²) in [6.07, 6.45) is 1.69. The molecule has 8 nitrogen and oxygen atoms in total. The van der Waals surface area contributed by atoms with Gasteiger partial charge in [0.1, 0.15) is 0 Å². The molecule has 0 radical (unpaired) electrons. The Labute approximate surface area is 207 Å². The lowest BCUT2D eigenvalue weighted by atomic mass is 9.97. The predicted molar refractivity (Wildman–Crippen MR) is 142 cm³/mol. The van der Waals surface area contributed by atoms with Gasteiger partial charge in [0.15, 0.2) is 5.65 Å². The summed E-state index contributed by atoms with van der Waals surface area (Å²) in [6.45, 7) is 12.9. The molecule has 35 heavy (non-hydrogen) atoms. The smallest absolute Gasteiger partial charge is 0.299 e. The summed E-state index contributed by atoms with van der Waals surface area (Å²) in [4.78, 5) is 20.2. The van der Waals surface area contributed by atoms with E-state index in [2.05, 4.69) is 38.3 Å². The lowest BCUT2D eigenvalue weighted by Crippen LogP contribution is -2.37. The van der Waals surface area contributed by atoms with Gasteiger partial charge in [0.25, 0.3) is 0 Å². The third-order valence-corrected chi connectivity index (χ3v) is 7.84. The highest BCUT2D eigenvalue weighted by molar-refractivity contribution is 8.24. The van der Waals surface area contributed by atoms with Gasteiger partial charge < -0.3 is 0 Å². The number of fused-ring (bicyclic) bond motifs is 1. The molecule has 3 heterocycles. The van der Waals surface area contributed by atoms with Gasteiger partial charge in [-0.3, -0.25) is 23.1 Å². The van der Waals surface area contributed by atoms with Crippen LogP contribution in [0.5, 0.6) is 0 Å². The first-order chi connectivity index (χ1) is 16.5. The first kappa shape index (κ1) is 25.2. The number of hydrogen-bond donors (Lipinski definition) is 2. The third-order valence-electron chi connectivity index (χ3n) is 6.16. The van der Waals surface area contributed by atoms with Gasteiger partial charge in [0, 0.05) is 38.3 Å². The molecule has 0 unspecified atom stereocenters. The molecule has 1 saturated heterocycles. The summed E-state index contributed by atoms with van der Waals surface area (Å²) in [5.41, 5.74) is 4.02. The highest BCUT2D eigenvalue weighted by Crippen LogP contribution is 2.40. The average Bonchev–Trinajstić information content (AvgIpc) is 3.05. The van der Waals surface area contributed by atoms with Gasteiger partial charge in [-0.2, -0.15) is 15.9 Å². The number of allylic oxidation sites excluding steroid dienone is 1. The van der Waals surface area contributed by atoms with Crippen LogP contribution < -0.4 is 5.69 Å². The Balaban J connectivity index is 1.75. The minimum atomic E-state index is -2.44. The monoisotopic (exact) mass is 495 g/mol. The maximum Gasteiger partial charge on any atom is 0.330 e. The first-order valence-electron chi connectivity index (χ1n) is 11.7. The lowest BCUT2D eigenvalue weighted by Gasteiger charge is -2.41. The Bertz CT molecular complexity index is 1350. The number of aromatic nitrogens is 3. The van der Waals surface area contributed by atoms with Crippen molar-refractivity contribution in [3.8, 4) is 17.3 Å². The second-order valence-corrected chi connectivity index (χ2v) is 12.8. The van der Waals surface area contributed by atoms with E-state index < -0.39 is 10.6 Å². The fourth-order valence-corrected chi connectivity index (χ4v) is 5.75. The average molecular weight is 496 g/mol. The van der Waals surface area contributed by atoms with Crippen LogP contribution in [-0.2, 0) is 19.6 Å². The zero-order chi connectivity index (χ0) is 25.4. The standard InChI is InChI=1S/C26H33N5O3S/c1-5-10-30-24-23(31(25(30)32)18-26(2,3)4)9-8-22(28-24)21-15-19(6-7-20(21)16-27)17-29-11-13-35(33,34)14-12-29/h5-9,15,33-34H,1,10-14,17-18H2,2-4H3. The lowest BCUT2D eigenvalue weighted by molar-refractivity contribution is 0.278. The molecular formula is C26H33N5O3S. The van der Waals surface area contributed by atoms with Gasteiger partial charge in [-0.1, -0.05) is 32.9 Å². The van der Waals surface area contributed by atoms with Crippen LogP contribution in [0, 0.1) is 16.7 Å². The van der Waals surface area contributed by atoms with Gasteiger partial charge >= 0.3 is 5.69 Å². The van der Waals surface area contributed by atoms with E-state index in [-0.39, 0.29) is 11.1 Å². The van der Waals surface area contributed by atoms with E-state index >= 15 is 0 Å². The number of rotatable bonds is 6. The summed E-state index contributed by atoms with van der Waals surface area (Å²) in [6, 6.07) is 11.8. The maximum absolute atomic E-state index is 13.2. The van der Waals surface area contributed by atoms with Gasteiger partial charge in [-0.15, -0.1) is 6.58 Å². The van der Waals surface area contributed by atoms with Gasteiger partial charge in [0.05, 0.1) is 34.3 Å². The molecule has 1 aromatic carbocycles. The third kappa shape index (κ3) is 5.52. The van der Waals surface area contributed by atoms with Gasteiger partial charge in [-0.25, -0.2) is 9.78 Å². The number of hydrogen-bond acceptors (Lipinski definition) is 6. The molecule has 1 fully saturated rings. The van der Waals surface area contributed by atoms with Gasteiger partial charge in [-0.05, 0) is 35.2 Å². The topological polar surface area (TPSA) is 107 Å². The van der Waals surface area contributed by atoms with E-state index in [9.17, 15) is 19.2 Å². The summed E-state index contributed by atoms with van der Waals surface area (Å²) in [7, 11) is -2.44. The molecule has 0 aliphatic carbocycles. The van der Waals surface area contributed by atoms with Crippen LogP contribution in [0.4, 0.5) is 0 Å².